The quantitative estimate of drug-likeness (QED) is 0.250. The van der Waals surface area contributed by atoms with Crippen molar-refractivity contribution in [2.75, 3.05) is 17.4 Å². The molecule has 40 heavy (non-hydrogen) atoms. The Morgan fingerprint density at radius 2 is 1.55 bits per heavy atom. The minimum atomic E-state index is -4.24. The first-order valence-corrected chi connectivity index (χ1v) is 15.4. The number of hydrogen-bond acceptors (Lipinski definition) is 4. The molecule has 0 heterocycles. The normalized spacial score (nSPS) is 12.1. The van der Waals surface area contributed by atoms with Crippen LogP contribution in [0.3, 0.4) is 0 Å². The van der Waals surface area contributed by atoms with E-state index in [4.69, 9.17) is 34.8 Å². The summed E-state index contributed by atoms with van der Waals surface area (Å²) in [5.74, 6) is -0.923. The van der Waals surface area contributed by atoms with Gasteiger partial charge in [0.05, 0.1) is 10.6 Å². The smallest absolute Gasteiger partial charge is 0.264 e. The van der Waals surface area contributed by atoms with Gasteiger partial charge in [-0.05, 0) is 61.7 Å². The lowest BCUT2D eigenvalue weighted by molar-refractivity contribution is -0.140. The summed E-state index contributed by atoms with van der Waals surface area (Å²) in [5, 5.41) is 3.69. The van der Waals surface area contributed by atoms with E-state index in [0.717, 1.165) is 16.3 Å². The number of nitrogens with one attached hydrogen (secondary N) is 1. The summed E-state index contributed by atoms with van der Waals surface area (Å²) >= 11 is 18.9. The van der Waals surface area contributed by atoms with Crippen LogP contribution < -0.4 is 9.62 Å². The Morgan fingerprint density at radius 3 is 2.12 bits per heavy atom. The van der Waals surface area contributed by atoms with Crippen molar-refractivity contribution in [2.24, 2.45) is 0 Å². The molecule has 1 N–H and O–H groups in total. The van der Waals surface area contributed by atoms with Gasteiger partial charge in [-0.1, -0.05) is 84.5 Å². The van der Waals surface area contributed by atoms with Gasteiger partial charge in [0.25, 0.3) is 10.0 Å². The van der Waals surface area contributed by atoms with Crippen molar-refractivity contribution in [3.63, 3.8) is 0 Å². The van der Waals surface area contributed by atoms with Crippen LogP contribution in [0.2, 0.25) is 15.1 Å². The van der Waals surface area contributed by atoms with Gasteiger partial charge in [-0.3, -0.25) is 13.9 Å². The Labute approximate surface area is 251 Å². The lowest BCUT2D eigenvalue weighted by atomic mass is 10.1. The molecule has 1 unspecified atom stereocenters. The Kier molecular flexibility index (Phi) is 11.3. The predicted octanol–water partition coefficient (Wildman–Crippen LogP) is 6.48. The Hall–Kier alpha value is -2.78. The maximum absolute atomic E-state index is 14.1. The topological polar surface area (TPSA) is 86.8 Å². The molecule has 0 bridgehead atoms. The molecule has 1 atom stereocenters. The highest BCUT2D eigenvalue weighted by molar-refractivity contribution is 7.92. The summed E-state index contributed by atoms with van der Waals surface area (Å²) in [5.41, 5.74) is 1.62. The Balaban J connectivity index is 2.10. The fourth-order valence-electron chi connectivity index (χ4n) is 4.15. The number of benzene rings is 3. The first-order chi connectivity index (χ1) is 19.0. The van der Waals surface area contributed by atoms with Crippen molar-refractivity contribution in [2.45, 2.75) is 51.1 Å². The molecule has 0 fully saturated rings. The number of rotatable bonds is 12. The maximum Gasteiger partial charge on any atom is 0.264 e. The van der Waals surface area contributed by atoms with Gasteiger partial charge in [0.2, 0.25) is 11.8 Å². The van der Waals surface area contributed by atoms with E-state index in [1.165, 1.54) is 35.2 Å². The van der Waals surface area contributed by atoms with E-state index in [0.29, 0.717) is 23.6 Å². The molecule has 0 spiro atoms. The van der Waals surface area contributed by atoms with Crippen LogP contribution in [0.15, 0.2) is 71.6 Å². The van der Waals surface area contributed by atoms with Crippen molar-refractivity contribution < 1.29 is 18.0 Å². The van der Waals surface area contributed by atoms with E-state index in [9.17, 15) is 18.0 Å². The van der Waals surface area contributed by atoms with Gasteiger partial charge < -0.3 is 10.2 Å². The number of carbonyl (C=O) groups excluding carboxylic acids is 2. The van der Waals surface area contributed by atoms with Crippen molar-refractivity contribution >= 4 is 62.3 Å². The molecule has 0 saturated heterocycles. The van der Waals surface area contributed by atoms with Crippen LogP contribution in [0.4, 0.5) is 5.69 Å². The number of anilines is 1. The van der Waals surface area contributed by atoms with Crippen molar-refractivity contribution in [3.8, 4) is 0 Å². The number of nitrogens with zero attached hydrogens (tertiary/aromatic N) is 2. The third-order valence-corrected chi connectivity index (χ3v) is 8.85. The number of hydrogen-bond donors (Lipinski definition) is 1. The molecular formula is C29H32Cl3N3O4S. The van der Waals surface area contributed by atoms with Crippen LogP contribution in [0.1, 0.15) is 37.8 Å². The molecular weight excluding hydrogens is 593 g/mol. The highest BCUT2D eigenvalue weighted by atomic mass is 35.5. The van der Waals surface area contributed by atoms with Gasteiger partial charge in [0, 0.05) is 28.2 Å². The molecule has 0 aromatic heterocycles. The van der Waals surface area contributed by atoms with Crippen LogP contribution >= 0.6 is 34.8 Å². The molecule has 0 radical (unpaired) electrons. The van der Waals surface area contributed by atoms with Gasteiger partial charge in [0.15, 0.2) is 0 Å². The summed E-state index contributed by atoms with van der Waals surface area (Å²) in [6.07, 6.45) is 1.03. The van der Waals surface area contributed by atoms with Crippen LogP contribution in [-0.2, 0) is 26.2 Å². The van der Waals surface area contributed by atoms with Crippen LogP contribution in [-0.4, -0.2) is 44.3 Å². The van der Waals surface area contributed by atoms with Crippen molar-refractivity contribution in [1.29, 1.82) is 0 Å². The number of amides is 2. The highest BCUT2D eigenvalue weighted by Crippen LogP contribution is 2.30. The number of carbonyl (C=O) groups is 2. The molecule has 0 aliphatic heterocycles. The van der Waals surface area contributed by atoms with Crippen molar-refractivity contribution in [1.82, 2.24) is 10.2 Å². The fraction of sp³-hybridized carbons (Fsp3) is 0.310. The molecule has 0 saturated carbocycles. The van der Waals surface area contributed by atoms with E-state index >= 15 is 0 Å². The molecule has 3 rings (SSSR count). The summed E-state index contributed by atoms with van der Waals surface area (Å²) in [6, 6.07) is 16.8. The predicted molar refractivity (Wildman–Crippen MR) is 162 cm³/mol. The summed E-state index contributed by atoms with van der Waals surface area (Å²) in [7, 11) is -4.24. The molecule has 2 amide bonds. The third kappa shape index (κ3) is 7.91. The second-order valence-electron chi connectivity index (χ2n) is 9.28. The van der Waals surface area contributed by atoms with E-state index in [1.807, 2.05) is 13.8 Å². The Morgan fingerprint density at radius 1 is 0.925 bits per heavy atom. The van der Waals surface area contributed by atoms with Gasteiger partial charge in [-0.25, -0.2) is 8.42 Å². The van der Waals surface area contributed by atoms with Gasteiger partial charge in [0.1, 0.15) is 12.6 Å². The highest BCUT2D eigenvalue weighted by Gasteiger charge is 2.34. The number of sulfonamides is 1. The van der Waals surface area contributed by atoms with Crippen LogP contribution in [0.5, 0.6) is 0 Å². The molecule has 7 nitrogen and oxygen atoms in total. The van der Waals surface area contributed by atoms with Crippen molar-refractivity contribution in [3.05, 3.63) is 92.9 Å². The second kappa shape index (κ2) is 14.2. The number of aryl methyl sites for hydroxylation is 1. The molecule has 3 aromatic carbocycles. The zero-order valence-corrected chi connectivity index (χ0v) is 25.6. The first-order valence-electron chi connectivity index (χ1n) is 12.8. The molecule has 3 aromatic rings. The monoisotopic (exact) mass is 623 g/mol. The lowest BCUT2D eigenvalue weighted by Gasteiger charge is -2.33. The summed E-state index contributed by atoms with van der Waals surface area (Å²) in [4.78, 5) is 28.6. The van der Waals surface area contributed by atoms with Crippen LogP contribution in [0, 0.1) is 6.92 Å². The SMILES string of the molecule is CCCNC(=O)C(CC)N(Cc1ccccc1Cl)C(=O)CN(c1cc(Cl)cc(Cl)c1)S(=O)(=O)c1ccc(C)cc1. The average molecular weight is 625 g/mol. The standard InChI is InChI=1S/C29H32Cl3N3O4S/c1-4-14-33-29(37)27(5-2)34(18-21-8-6-7-9-26(21)32)28(36)19-35(24-16-22(30)15-23(31)17-24)40(38,39)25-12-10-20(3)11-13-25/h6-13,15-17,27H,4-5,14,18-19H2,1-3H3,(H,33,37). The first kappa shape index (κ1) is 31.7. The average Bonchev–Trinajstić information content (AvgIpc) is 2.90. The summed E-state index contributed by atoms with van der Waals surface area (Å²) < 4.78 is 28.8. The second-order valence-corrected chi connectivity index (χ2v) is 12.4. The maximum atomic E-state index is 14.1. The third-order valence-electron chi connectivity index (χ3n) is 6.26. The number of halogens is 3. The lowest BCUT2D eigenvalue weighted by Crippen LogP contribution is -2.52. The van der Waals surface area contributed by atoms with E-state index in [-0.39, 0.29) is 33.1 Å². The summed E-state index contributed by atoms with van der Waals surface area (Å²) in [6.45, 7) is 5.41. The minimum absolute atomic E-state index is 0.00524. The van der Waals surface area contributed by atoms with Gasteiger partial charge in [-0.15, -0.1) is 0 Å². The van der Waals surface area contributed by atoms with E-state index in [1.54, 1.807) is 43.3 Å². The van der Waals surface area contributed by atoms with Gasteiger partial charge >= 0.3 is 0 Å². The molecule has 0 aliphatic carbocycles. The minimum Gasteiger partial charge on any atom is -0.354 e. The van der Waals surface area contributed by atoms with Crippen LogP contribution in [0.25, 0.3) is 0 Å². The zero-order chi connectivity index (χ0) is 29.4. The largest absolute Gasteiger partial charge is 0.354 e. The van der Waals surface area contributed by atoms with E-state index in [2.05, 4.69) is 5.32 Å². The molecule has 214 valence electrons. The zero-order valence-electron chi connectivity index (χ0n) is 22.5. The molecule has 0 aliphatic rings. The molecule has 11 heteroatoms. The van der Waals surface area contributed by atoms with Gasteiger partial charge in [-0.2, -0.15) is 0 Å². The Bertz CT molecular complexity index is 1430. The van der Waals surface area contributed by atoms with E-state index < -0.39 is 28.5 Å². The fourth-order valence-corrected chi connectivity index (χ4v) is 6.25.